The molecule has 0 aromatic heterocycles. The molecule has 0 fully saturated rings. The molecule has 2 nitrogen and oxygen atoms in total. The Morgan fingerprint density at radius 2 is 1.31 bits per heavy atom. The molecular weight excluding hydrogens is 544 g/mol. The Labute approximate surface area is 271 Å². The highest BCUT2D eigenvalue weighted by molar-refractivity contribution is 6.07. The van der Waals surface area contributed by atoms with Crippen LogP contribution in [-0.2, 0) is 10.8 Å². The van der Waals surface area contributed by atoms with Crippen molar-refractivity contribution < 1.29 is 4.58 Å². The minimum absolute atomic E-state index is 0.0713. The number of hydrogen-bond donors (Lipinski definition) is 0. The first-order valence-electron chi connectivity index (χ1n) is 17.3. The number of anilines is 1. The van der Waals surface area contributed by atoms with Crippen LogP contribution in [0.1, 0.15) is 91.2 Å². The number of fused-ring (bicyclic) bond motifs is 6. The topological polar surface area (TPSA) is 6.25 Å². The van der Waals surface area contributed by atoms with E-state index in [2.05, 4.69) is 154 Å². The Bertz CT molecular complexity index is 1830. The highest BCUT2D eigenvalue weighted by atomic mass is 15.2. The molecule has 0 amide bonds. The van der Waals surface area contributed by atoms with Gasteiger partial charge in [-0.2, -0.15) is 4.58 Å². The molecule has 2 aliphatic rings. The number of unbranched alkanes of at least 4 members (excludes halogenated alkanes) is 4. The van der Waals surface area contributed by atoms with Crippen LogP contribution in [-0.4, -0.2) is 23.4 Å². The van der Waals surface area contributed by atoms with E-state index in [0.717, 1.165) is 13.1 Å². The van der Waals surface area contributed by atoms with Gasteiger partial charge >= 0.3 is 0 Å². The Hall–Kier alpha value is -3.91. The van der Waals surface area contributed by atoms with Crippen molar-refractivity contribution in [3.05, 3.63) is 120 Å². The van der Waals surface area contributed by atoms with Crippen LogP contribution in [0.3, 0.4) is 0 Å². The lowest BCUT2D eigenvalue weighted by Crippen LogP contribution is -2.28. The van der Waals surface area contributed by atoms with Crippen LogP contribution in [0, 0.1) is 0 Å². The van der Waals surface area contributed by atoms with Gasteiger partial charge in [0.1, 0.15) is 6.54 Å². The van der Waals surface area contributed by atoms with Gasteiger partial charge in [0.15, 0.2) is 5.71 Å². The maximum Gasteiger partial charge on any atom is 0.210 e. The van der Waals surface area contributed by atoms with Crippen molar-refractivity contribution in [2.45, 2.75) is 90.9 Å². The summed E-state index contributed by atoms with van der Waals surface area (Å²) < 4.78 is 2.61. The van der Waals surface area contributed by atoms with Gasteiger partial charge in [-0.3, -0.25) is 0 Å². The number of allylic oxidation sites excluding steroid dienone is 6. The zero-order valence-electron chi connectivity index (χ0n) is 28.4. The molecule has 0 aliphatic carbocycles. The van der Waals surface area contributed by atoms with Crippen molar-refractivity contribution in [2.75, 3.05) is 18.0 Å². The molecule has 6 rings (SSSR count). The van der Waals surface area contributed by atoms with Gasteiger partial charge in [0.05, 0.1) is 5.41 Å². The third kappa shape index (κ3) is 5.58. The number of nitrogens with zero attached hydrogens (tertiary/aromatic N) is 2. The molecule has 0 radical (unpaired) electrons. The average molecular weight is 596 g/mol. The summed E-state index contributed by atoms with van der Waals surface area (Å²) >= 11 is 0. The molecule has 232 valence electrons. The second-order valence-corrected chi connectivity index (χ2v) is 14.0. The lowest BCUT2D eigenvalue weighted by Gasteiger charge is -2.27. The summed E-state index contributed by atoms with van der Waals surface area (Å²) in [6.45, 7) is 16.3. The van der Waals surface area contributed by atoms with Gasteiger partial charge in [-0.25, -0.2) is 0 Å². The van der Waals surface area contributed by atoms with Crippen molar-refractivity contribution in [1.82, 2.24) is 0 Å². The molecule has 0 N–H and O–H groups in total. The molecule has 4 aromatic rings. The third-order valence-electron chi connectivity index (χ3n) is 10.2. The normalized spacial score (nSPS) is 17.9. The van der Waals surface area contributed by atoms with Gasteiger partial charge < -0.3 is 4.90 Å². The molecule has 0 saturated heterocycles. The molecule has 0 bridgehead atoms. The zero-order valence-corrected chi connectivity index (χ0v) is 28.4. The van der Waals surface area contributed by atoms with E-state index in [1.807, 2.05) is 0 Å². The zero-order chi connectivity index (χ0) is 31.6. The van der Waals surface area contributed by atoms with Gasteiger partial charge in [-0.1, -0.05) is 120 Å². The standard InChI is InChI=1S/C43H51N2/c1-7-9-11-19-31-45-37-29-27-33-21-16-18-23-35(33)41(37)43(5,6)39(45)25-14-12-13-24-38-42(3,4)40-34-22-17-15-20-32(34)26-28-36(40)44(38)30-10-8-2/h12-18,20-29H,7-11,19,30-31H2,1-6H3/q+1. The number of hydrogen-bond acceptors (Lipinski definition) is 1. The highest BCUT2D eigenvalue weighted by Gasteiger charge is 2.45. The quantitative estimate of drug-likeness (QED) is 0.0949. The predicted molar refractivity (Wildman–Crippen MR) is 197 cm³/mol. The Morgan fingerprint density at radius 3 is 2.02 bits per heavy atom. The van der Waals surface area contributed by atoms with Gasteiger partial charge in [-0.15, -0.1) is 0 Å². The van der Waals surface area contributed by atoms with Crippen LogP contribution >= 0.6 is 0 Å². The molecule has 0 spiro atoms. The monoisotopic (exact) mass is 595 g/mol. The van der Waals surface area contributed by atoms with E-state index in [9.17, 15) is 0 Å². The summed E-state index contributed by atoms with van der Waals surface area (Å²) in [4.78, 5) is 2.58. The second kappa shape index (κ2) is 12.8. The van der Waals surface area contributed by atoms with Gasteiger partial charge in [0, 0.05) is 47.5 Å². The fourth-order valence-corrected chi connectivity index (χ4v) is 7.92. The van der Waals surface area contributed by atoms with Crippen LogP contribution in [0.15, 0.2) is 109 Å². The third-order valence-corrected chi connectivity index (χ3v) is 10.2. The molecule has 4 aromatic carbocycles. The minimum atomic E-state index is -0.0726. The van der Waals surface area contributed by atoms with Crippen molar-refractivity contribution in [1.29, 1.82) is 0 Å². The van der Waals surface area contributed by atoms with Crippen LogP contribution < -0.4 is 4.90 Å². The largest absolute Gasteiger partial charge is 0.344 e. The molecule has 0 unspecified atom stereocenters. The lowest BCUT2D eigenvalue weighted by molar-refractivity contribution is -0.438. The summed E-state index contributed by atoms with van der Waals surface area (Å²) in [5, 5.41) is 5.40. The van der Waals surface area contributed by atoms with Crippen LogP contribution in [0.25, 0.3) is 21.5 Å². The Balaban J connectivity index is 1.34. The Kier molecular flexibility index (Phi) is 8.87. The fourth-order valence-electron chi connectivity index (χ4n) is 7.92. The predicted octanol–water partition coefficient (Wildman–Crippen LogP) is 11.5. The van der Waals surface area contributed by atoms with Crippen molar-refractivity contribution in [2.24, 2.45) is 0 Å². The van der Waals surface area contributed by atoms with Crippen LogP contribution in [0.2, 0.25) is 0 Å². The molecule has 2 heterocycles. The van der Waals surface area contributed by atoms with Crippen LogP contribution in [0.4, 0.5) is 11.4 Å². The maximum absolute atomic E-state index is 2.61. The second-order valence-electron chi connectivity index (χ2n) is 14.0. The molecule has 2 heteroatoms. The van der Waals surface area contributed by atoms with E-state index < -0.39 is 0 Å². The van der Waals surface area contributed by atoms with Crippen molar-refractivity contribution in [3.8, 4) is 0 Å². The SMILES string of the molecule is CCCCCC[N+]1=C(/C=C/C=C/C=C2/N(CCCC)c3ccc4ccccc4c3C2(C)C)C(C)(C)c2c1ccc1ccccc21. The molecule has 45 heavy (non-hydrogen) atoms. The smallest absolute Gasteiger partial charge is 0.210 e. The lowest BCUT2D eigenvalue weighted by atomic mass is 9.79. The average Bonchev–Trinajstić information content (AvgIpc) is 3.40. The summed E-state index contributed by atoms with van der Waals surface area (Å²) in [5.74, 6) is 0. The van der Waals surface area contributed by atoms with Gasteiger partial charge in [0.2, 0.25) is 5.69 Å². The van der Waals surface area contributed by atoms with E-state index in [-0.39, 0.29) is 10.8 Å². The Morgan fingerprint density at radius 1 is 0.644 bits per heavy atom. The first kappa shape index (κ1) is 31.1. The van der Waals surface area contributed by atoms with Gasteiger partial charge in [-0.05, 0) is 72.0 Å². The molecule has 0 saturated carbocycles. The van der Waals surface area contributed by atoms with Crippen LogP contribution in [0.5, 0.6) is 0 Å². The number of rotatable bonds is 11. The number of benzene rings is 4. The minimum Gasteiger partial charge on any atom is -0.344 e. The first-order chi connectivity index (χ1) is 21.8. The first-order valence-corrected chi connectivity index (χ1v) is 17.3. The summed E-state index contributed by atoms with van der Waals surface area (Å²) in [6, 6.07) is 27.0. The maximum atomic E-state index is 2.61. The van der Waals surface area contributed by atoms with E-state index in [1.165, 1.54) is 94.0 Å². The van der Waals surface area contributed by atoms with Crippen molar-refractivity contribution in [3.63, 3.8) is 0 Å². The van der Waals surface area contributed by atoms with Gasteiger partial charge in [0.25, 0.3) is 0 Å². The highest BCUT2D eigenvalue weighted by Crippen LogP contribution is 2.51. The summed E-state index contributed by atoms with van der Waals surface area (Å²) in [5.41, 5.74) is 8.31. The van der Waals surface area contributed by atoms with E-state index in [1.54, 1.807) is 0 Å². The van der Waals surface area contributed by atoms with E-state index in [0.29, 0.717) is 0 Å². The summed E-state index contributed by atoms with van der Waals surface area (Å²) in [6.07, 6.45) is 18.9. The van der Waals surface area contributed by atoms with E-state index >= 15 is 0 Å². The van der Waals surface area contributed by atoms with Crippen molar-refractivity contribution >= 4 is 38.6 Å². The molecular formula is C43H51N2+. The molecule has 0 atom stereocenters. The molecule has 2 aliphatic heterocycles. The summed E-state index contributed by atoms with van der Waals surface area (Å²) in [7, 11) is 0. The fraction of sp³-hybridized carbons (Fsp3) is 0.372. The van der Waals surface area contributed by atoms with E-state index in [4.69, 9.17) is 0 Å².